The summed E-state index contributed by atoms with van der Waals surface area (Å²) in [6.07, 6.45) is -4.48. The van der Waals surface area contributed by atoms with Crippen LogP contribution in [0.1, 0.15) is 16.8 Å². The first-order valence-electron chi connectivity index (χ1n) is 7.76. The lowest BCUT2D eigenvalue weighted by Gasteiger charge is -2.16. The number of alkyl halides is 3. The number of aryl methyl sites for hydroxylation is 1. The van der Waals surface area contributed by atoms with Gasteiger partial charge in [0.25, 0.3) is 5.56 Å². The fourth-order valence-corrected chi connectivity index (χ4v) is 2.62. The molecule has 0 saturated heterocycles. The third-order valence-electron chi connectivity index (χ3n) is 4.18. The Hall–Kier alpha value is -2.61. The predicted molar refractivity (Wildman–Crippen MR) is 90.6 cm³/mol. The van der Waals surface area contributed by atoms with E-state index in [1.807, 2.05) is 0 Å². The van der Waals surface area contributed by atoms with E-state index in [0.29, 0.717) is 5.56 Å². The van der Waals surface area contributed by atoms with Crippen LogP contribution in [0.3, 0.4) is 0 Å². The molecular weight excluding hydrogens is 349 g/mol. The molecule has 2 aromatic rings. The number of carbonyl (C=O) groups is 1. The van der Waals surface area contributed by atoms with Crippen molar-refractivity contribution < 1.29 is 22.7 Å². The molecule has 1 aromatic carbocycles. The standard InChI is InChI=1S/C18H19F3N2O3/c1-10-8-13(18(19,20)21)15(16(24)23(10)2)12-6-4-11(5-7-12)9-14(22)17(25)26-3/h4-8,14H,9,22H2,1-3H3/t14-/m0/s1. The second kappa shape index (κ2) is 7.33. The average Bonchev–Trinajstić information content (AvgIpc) is 2.58. The van der Waals surface area contributed by atoms with Crippen molar-refractivity contribution in [1.29, 1.82) is 0 Å². The molecule has 26 heavy (non-hydrogen) atoms. The van der Waals surface area contributed by atoms with Gasteiger partial charge in [-0.15, -0.1) is 0 Å². The Bertz CT molecular complexity index is 871. The Morgan fingerprint density at radius 2 is 1.85 bits per heavy atom. The lowest BCUT2D eigenvalue weighted by atomic mass is 9.97. The number of halogens is 3. The minimum Gasteiger partial charge on any atom is -0.468 e. The van der Waals surface area contributed by atoms with Crippen LogP contribution in [0.5, 0.6) is 0 Å². The van der Waals surface area contributed by atoms with Crippen molar-refractivity contribution >= 4 is 5.97 Å². The molecular formula is C18H19F3N2O3. The molecule has 8 heteroatoms. The summed E-state index contributed by atoms with van der Waals surface area (Å²) in [5, 5.41) is 0. The number of benzene rings is 1. The van der Waals surface area contributed by atoms with Crippen LogP contribution in [0.2, 0.25) is 0 Å². The van der Waals surface area contributed by atoms with E-state index < -0.39 is 34.9 Å². The van der Waals surface area contributed by atoms with E-state index in [2.05, 4.69) is 4.74 Å². The lowest BCUT2D eigenvalue weighted by Crippen LogP contribution is -2.33. The van der Waals surface area contributed by atoms with E-state index >= 15 is 0 Å². The van der Waals surface area contributed by atoms with Gasteiger partial charge >= 0.3 is 12.1 Å². The molecule has 1 aromatic heterocycles. The fraction of sp³-hybridized carbons (Fsp3) is 0.333. The van der Waals surface area contributed by atoms with Crippen LogP contribution in [0, 0.1) is 6.92 Å². The van der Waals surface area contributed by atoms with Gasteiger partial charge in [-0.05, 0) is 30.5 Å². The number of ether oxygens (including phenoxy) is 1. The van der Waals surface area contributed by atoms with Crippen molar-refractivity contribution in [2.24, 2.45) is 12.8 Å². The quantitative estimate of drug-likeness (QED) is 0.841. The van der Waals surface area contributed by atoms with Crippen molar-refractivity contribution in [3.05, 3.63) is 57.5 Å². The summed E-state index contributed by atoms with van der Waals surface area (Å²) in [6.45, 7) is 1.44. The van der Waals surface area contributed by atoms with Gasteiger partial charge in [-0.1, -0.05) is 24.3 Å². The number of nitrogens with two attached hydrogens (primary N) is 1. The summed E-state index contributed by atoms with van der Waals surface area (Å²) in [6, 6.07) is 6.00. The molecule has 0 amide bonds. The Kier molecular flexibility index (Phi) is 5.56. The number of hydrogen-bond acceptors (Lipinski definition) is 4. The molecule has 0 fully saturated rings. The third kappa shape index (κ3) is 3.96. The van der Waals surface area contributed by atoms with E-state index in [1.54, 1.807) is 0 Å². The van der Waals surface area contributed by atoms with Gasteiger partial charge in [-0.25, -0.2) is 0 Å². The highest BCUT2D eigenvalue weighted by atomic mass is 19.4. The van der Waals surface area contributed by atoms with Gasteiger partial charge in [0, 0.05) is 12.7 Å². The zero-order valence-corrected chi connectivity index (χ0v) is 14.6. The molecule has 1 atom stereocenters. The van der Waals surface area contributed by atoms with Gasteiger partial charge in [0.05, 0.1) is 18.2 Å². The summed E-state index contributed by atoms with van der Waals surface area (Å²) in [4.78, 5) is 23.8. The summed E-state index contributed by atoms with van der Waals surface area (Å²) < 4.78 is 45.9. The highest BCUT2D eigenvalue weighted by molar-refractivity contribution is 5.75. The summed E-state index contributed by atoms with van der Waals surface area (Å²) in [5.74, 6) is -0.583. The summed E-state index contributed by atoms with van der Waals surface area (Å²) in [7, 11) is 2.64. The normalized spacial score (nSPS) is 12.7. The molecule has 0 bridgehead atoms. The van der Waals surface area contributed by atoms with Gasteiger partial charge in [0.15, 0.2) is 0 Å². The minimum absolute atomic E-state index is 0.147. The lowest BCUT2D eigenvalue weighted by molar-refractivity contribution is -0.142. The molecule has 0 radical (unpaired) electrons. The Labute approximate surface area is 148 Å². The van der Waals surface area contributed by atoms with Crippen LogP contribution in [-0.2, 0) is 29.2 Å². The average molecular weight is 368 g/mol. The molecule has 2 N–H and O–H groups in total. The van der Waals surface area contributed by atoms with E-state index in [1.165, 1.54) is 49.9 Å². The fourth-order valence-electron chi connectivity index (χ4n) is 2.62. The van der Waals surface area contributed by atoms with Crippen LogP contribution in [-0.4, -0.2) is 23.7 Å². The van der Waals surface area contributed by atoms with Crippen LogP contribution in [0.25, 0.3) is 11.1 Å². The highest BCUT2D eigenvalue weighted by Gasteiger charge is 2.35. The summed E-state index contributed by atoms with van der Waals surface area (Å²) >= 11 is 0. The van der Waals surface area contributed by atoms with Crippen LogP contribution >= 0.6 is 0 Å². The van der Waals surface area contributed by atoms with E-state index in [4.69, 9.17) is 5.73 Å². The molecule has 0 aliphatic carbocycles. The third-order valence-corrected chi connectivity index (χ3v) is 4.18. The summed E-state index contributed by atoms with van der Waals surface area (Å²) in [5.41, 5.74) is 4.57. The first-order chi connectivity index (χ1) is 12.1. The van der Waals surface area contributed by atoms with Crippen molar-refractivity contribution in [1.82, 2.24) is 4.57 Å². The first-order valence-corrected chi connectivity index (χ1v) is 7.76. The van der Waals surface area contributed by atoms with Crippen molar-refractivity contribution in [3.8, 4) is 11.1 Å². The zero-order valence-electron chi connectivity index (χ0n) is 14.6. The van der Waals surface area contributed by atoms with E-state index in [-0.39, 0.29) is 17.7 Å². The van der Waals surface area contributed by atoms with Crippen molar-refractivity contribution in [3.63, 3.8) is 0 Å². The number of methoxy groups -OCH3 is 1. The number of rotatable bonds is 4. The monoisotopic (exact) mass is 368 g/mol. The van der Waals surface area contributed by atoms with Crippen LogP contribution in [0.4, 0.5) is 13.2 Å². The molecule has 0 spiro atoms. The Morgan fingerprint density at radius 1 is 1.27 bits per heavy atom. The minimum atomic E-state index is -4.65. The molecule has 0 saturated carbocycles. The number of aromatic nitrogens is 1. The van der Waals surface area contributed by atoms with Gasteiger partial charge < -0.3 is 15.0 Å². The number of hydrogen-bond donors (Lipinski definition) is 1. The molecule has 5 nitrogen and oxygen atoms in total. The van der Waals surface area contributed by atoms with Crippen molar-refractivity contribution in [2.75, 3.05) is 7.11 Å². The van der Waals surface area contributed by atoms with Crippen molar-refractivity contribution in [2.45, 2.75) is 25.6 Å². The smallest absolute Gasteiger partial charge is 0.417 e. The SMILES string of the molecule is COC(=O)[C@@H](N)Cc1ccc(-c2c(C(F)(F)F)cc(C)n(C)c2=O)cc1. The van der Waals surface area contributed by atoms with Gasteiger partial charge in [0.2, 0.25) is 0 Å². The maximum Gasteiger partial charge on any atom is 0.417 e. The number of pyridine rings is 1. The molecule has 2 rings (SSSR count). The zero-order chi connectivity index (χ0) is 19.6. The van der Waals surface area contributed by atoms with Gasteiger partial charge in [-0.2, -0.15) is 13.2 Å². The largest absolute Gasteiger partial charge is 0.468 e. The molecule has 1 heterocycles. The second-order valence-corrected chi connectivity index (χ2v) is 5.97. The molecule has 0 aliphatic rings. The molecule has 140 valence electrons. The predicted octanol–water partition coefficient (Wildman–Crippen LogP) is 2.42. The topological polar surface area (TPSA) is 74.3 Å². The van der Waals surface area contributed by atoms with E-state index in [9.17, 15) is 22.8 Å². The Morgan fingerprint density at radius 3 is 2.35 bits per heavy atom. The number of esters is 1. The van der Waals surface area contributed by atoms with Crippen LogP contribution in [0.15, 0.2) is 35.1 Å². The van der Waals surface area contributed by atoms with Gasteiger partial charge in [0.1, 0.15) is 6.04 Å². The van der Waals surface area contributed by atoms with Gasteiger partial charge in [-0.3, -0.25) is 9.59 Å². The molecule has 0 aliphatic heterocycles. The van der Waals surface area contributed by atoms with Crippen LogP contribution < -0.4 is 11.3 Å². The maximum absolute atomic E-state index is 13.4. The number of carbonyl (C=O) groups excluding carboxylic acids is 1. The highest BCUT2D eigenvalue weighted by Crippen LogP contribution is 2.35. The second-order valence-electron chi connectivity index (χ2n) is 5.97. The van der Waals surface area contributed by atoms with E-state index in [0.717, 1.165) is 6.07 Å². The molecule has 0 unspecified atom stereocenters. The number of nitrogens with zero attached hydrogens (tertiary/aromatic N) is 1. The Balaban J connectivity index is 2.48. The maximum atomic E-state index is 13.4. The first kappa shape index (κ1) is 19.7.